The third-order valence-corrected chi connectivity index (χ3v) is 5.27. The molecule has 0 spiro atoms. The quantitative estimate of drug-likeness (QED) is 0.581. The molecule has 9 nitrogen and oxygen atoms in total. The summed E-state index contributed by atoms with van der Waals surface area (Å²) in [4.78, 5) is 48.3. The van der Waals surface area contributed by atoms with Crippen LogP contribution < -0.4 is 14.8 Å². The fourth-order valence-corrected chi connectivity index (χ4v) is 3.68. The van der Waals surface area contributed by atoms with Gasteiger partial charge in [0.2, 0.25) is 0 Å². The smallest absolute Gasteiger partial charge is 0.323 e. The van der Waals surface area contributed by atoms with Crippen LogP contribution in [0.3, 0.4) is 0 Å². The lowest BCUT2D eigenvalue weighted by Crippen LogP contribution is -2.33. The summed E-state index contributed by atoms with van der Waals surface area (Å²) in [7, 11) is 1.43. The van der Waals surface area contributed by atoms with E-state index in [2.05, 4.69) is 5.32 Å². The molecule has 1 aliphatic rings. The number of thioether (sulfide) groups is 1. The zero-order valence-electron chi connectivity index (χ0n) is 17.3. The van der Waals surface area contributed by atoms with Crippen LogP contribution in [0.5, 0.6) is 11.5 Å². The van der Waals surface area contributed by atoms with Crippen molar-refractivity contribution in [3.63, 3.8) is 0 Å². The van der Waals surface area contributed by atoms with Gasteiger partial charge in [0, 0.05) is 11.3 Å². The molecule has 0 aliphatic carbocycles. The molecule has 32 heavy (non-hydrogen) atoms. The molecule has 0 unspecified atom stereocenters. The molecule has 1 heterocycles. The Labute approximate surface area is 188 Å². The van der Waals surface area contributed by atoms with E-state index < -0.39 is 29.6 Å². The van der Waals surface area contributed by atoms with Gasteiger partial charge in [0.15, 0.2) is 18.1 Å². The van der Waals surface area contributed by atoms with Crippen molar-refractivity contribution in [2.75, 3.05) is 25.6 Å². The normalized spacial score (nSPS) is 14.6. The number of aliphatic carboxylic acids is 1. The lowest BCUT2D eigenvalue weighted by atomic mass is 10.1. The van der Waals surface area contributed by atoms with E-state index in [0.29, 0.717) is 33.7 Å². The number of aryl methyl sites for hydroxylation is 1. The summed E-state index contributed by atoms with van der Waals surface area (Å²) in [6, 6.07) is 12.2. The van der Waals surface area contributed by atoms with Gasteiger partial charge in [-0.2, -0.15) is 0 Å². The highest BCUT2D eigenvalue weighted by molar-refractivity contribution is 8.18. The second kappa shape index (κ2) is 10.0. The average Bonchev–Trinajstić information content (AvgIpc) is 3.01. The zero-order valence-corrected chi connectivity index (χ0v) is 18.1. The van der Waals surface area contributed by atoms with E-state index in [0.717, 1.165) is 5.56 Å². The Morgan fingerprint density at radius 2 is 1.88 bits per heavy atom. The summed E-state index contributed by atoms with van der Waals surface area (Å²) >= 11 is 0.628. The first kappa shape index (κ1) is 22.9. The summed E-state index contributed by atoms with van der Waals surface area (Å²) in [5, 5.41) is 10.9. The highest BCUT2D eigenvalue weighted by Crippen LogP contribution is 2.37. The molecule has 0 radical (unpaired) electrons. The maximum Gasteiger partial charge on any atom is 0.323 e. The molecule has 0 aromatic heterocycles. The van der Waals surface area contributed by atoms with E-state index >= 15 is 0 Å². The number of nitrogens with zero attached hydrogens (tertiary/aromatic N) is 1. The van der Waals surface area contributed by atoms with Gasteiger partial charge >= 0.3 is 5.97 Å². The summed E-state index contributed by atoms with van der Waals surface area (Å²) in [5.74, 6) is -1.87. The Morgan fingerprint density at radius 3 is 2.53 bits per heavy atom. The van der Waals surface area contributed by atoms with E-state index in [1.165, 1.54) is 13.2 Å². The standard InChI is InChI=1S/C22H20N2O7S/c1-13-6-8-15(9-7-13)23-18(25)12-31-20-14(4-3-5-16(20)30-2)10-17-21(28)24(11-19(26)27)22(29)32-17/h3-10H,11-12H2,1-2H3,(H,23,25)(H,26,27)/b17-10+. The van der Waals surface area contributed by atoms with Gasteiger partial charge in [-0.15, -0.1) is 0 Å². The number of hydrogen-bond acceptors (Lipinski definition) is 7. The molecule has 1 saturated heterocycles. The predicted octanol–water partition coefficient (Wildman–Crippen LogP) is 3.14. The first-order valence-corrected chi connectivity index (χ1v) is 10.2. The van der Waals surface area contributed by atoms with Crippen LogP contribution in [0.15, 0.2) is 47.4 Å². The highest BCUT2D eigenvalue weighted by Gasteiger charge is 2.36. The molecule has 0 saturated carbocycles. The van der Waals surface area contributed by atoms with Crippen molar-refractivity contribution < 1.29 is 33.8 Å². The van der Waals surface area contributed by atoms with E-state index in [9.17, 15) is 19.2 Å². The van der Waals surface area contributed by atoms with Crippen LogP contribution in [0.2, 0.25) is 0 Å². The lowest BCUT2D eigenvalue weighted by molar-refractivity contribution is -0.140. The number of hydrogen-bond donors (Lipinski definition) is 2. The lowest BCUT2D eigenvalue weighted by Gasteiger charge is -2.14. The third-order valence-electron chi connectivity index (χ3n) is 4.37. The SMILES string of the molecule is COc1cccc(/C=C2/SC(=O)N(CC(=O)O)C2=O)c1OCC(=O)Nc1ccc(C)cc1. The molecule has 0 atom stereocenters. The minimum Gasteiger partial charge on any atom is -0.493 e. The van der Waals surface area contributed by atoms with Crippen molar-refractivity contribution in [1.82, 2.24) is 4.90 Å². The minimum atomic E-state index is -1.29. The van der Waals surface area contributed by atoms with Crippen molar-refractivity contribution in [2.24, 2.45) is 0 Å². The maximum absolute atomic E-state index is 12.4. The number of imide groups is 1. The summed E-state index contributed by atoms with van der Waals surface area (Å²) in [6.07, 6.45) is 1.41. The van der Waals surface area contributed by atoms with Crippen LogP contribution in [0, 0.1) is 6.92 Å². The number of carbonyl (C=O) groups is 4. The Hall–Kier alpha value is -3.79. The van der Waals surface area contributed by atoms with E-state index in [1.807, 2.05) is 19.1 Å². The largest absolute Gasteiger partial charge is 0.493 e. The Bertz CT molecular complexity index is 1100. The van der Waals surface area contributed by atoms with Crippen molar-refractivity contribution in [1.29, 1.82) is 0 Å². The van der Waals surface area contributed by atoms with Gasteiger partial charge in [-0.1, -0.05) is 29.8 Å². The number of para-hydroxylation sites is 1. The molecule has 2 aromatic rings. The number of carbonyl (C=O) groups excluding carboxylic acids is 3. The minimum absolute atomic E-state index is 0.0402. The van der Waals surface area contributed by atoms with Crippen LogP contribution in [0.4, 0.5) is 10.5 Å². The molecule has 166 valence electrons. The third kappa shape index (κ3) is 5.46. The second-order valence-corrected chi connectivity index (χ2v) is 7.74. The van der Waals surface area contributed by atoms with Gasteiger partial charge in [-0.25, -0.2) is 0 Å². The van der Waals surface area contributed by atoms with Gasteiger partial charge in [0.25, 0.3) is 17.1 Å². The van der Waals surface area contributed by atoms with Crippen LogP contribution in [-0.2, 0) is 14.4 Å². The number of anilines is 1. The summed E-state index contributed by atoms with van der Waals surface area (Å²) in [6.45, 7) is 0.895. The second-order valence-electron chi connectivity index (χ2n) is 6.74. The molecular weight excluding hydrogens is 436 g/mol. The van der Waals surface area contributed by atoms with Crippen LogP contribution in [-0.4, -0.2) is 53.3 Å². The number of ether oxygens (including phenoxy) is 2. The molecule has 2 N–H and O–H groups in total. The molecule has 2 aromatic carbocycles. The molecule has 1 fully saturated rings. The average molecular weight is 456 g/mol. The van der Waals surface area contributed by atoms with Crippen molar-refractivity contribution in [2.45, 2.75) is 6.92 Å². The first-order chi connectivity index (χ1) is 15.3. The molecule has 3 amide bonds. The summed E-state index contributed by atoms with van der Waals surface area (Å²) in [5.41, 5.74) is 2.08. The van der Waals surface area contributed by atoms with Crippen molar-refractivity contribution in [3.05, 3.63) is 58.5 Å². The monoisotopic (exact) mass is 456 g/mol. The molecule has 0 bridgehead atoms. The van der Waals surface area contributed by atoms with Gasteiger partial charge in [0.1, 0.15) is 6.54 Å². The summed E-state index contributed by atoms with van der Waals surface area (Å²) < 4.78 is 11.0. The highest BCUT2D eigenvalue weighted by atomic mass is 32.2. The number of benzene rings is 2. The first-order valence-electron chi connectivity index (χ1n) is 9.42. The van der Waals surface area contributed by atoms with Gasteiger partial charge < -0.3 is 19.9 Å². The van der Waals surface area contributed by atoms with Crippen LogP contribution in [0.25, 0.3) is 6.08 Å². The van der Waals surface area contributed by atoms with Gasteiger partial charge in [-0.05, 0) is 43.0 Å². The Morgan fingerprint density at radius 1 is 1.16 bits per heavy atom. The number of rotatable bonds is 8. The number of amides is 3. The number of carboxylic acids is 1. The van der Waals surface area contributed by atoms with E-state index in [-0.39, 0.29) is 17.3 Å². The zero-order chi connectivity index (χ0) is 23.3. The number of methoxy groups -OCH3 is 1. The number of nitrogens with one attached hydrogen (secondary N) is 1. The fourth-order valence-electron chi connectivity index (χ4n) is 2.85. The van der Waals surface area contributed by atoms with Crippen molar-refractivity contribution >= 4 is 46.5 Å². The van der Waals surface area contributed by atoms with Crippen LogP contribution in [0.1, 0.15) is 11.1 Å². The van der Waals surface area contributed by atoms with Gasteiger partial charge in [0.05, 0.1) is 12.0 Å². The van der Waals surface area contributed by atoms with E-state index in [4.69, 9.17) is 14.6 Å². The molecular formula is C22H20N2O7S. The predicted molar refractivity (Wildman–Crippen MR) is 119 cm³/mol. The van der Waals surface area contributed by atoms with Crippen LogP contribution >= 0.6 is 11.8 Å². The molecule has 10 heteroatoms. The Kier molecular flexibility index (Phi) is 7.16. The maximum atomic E-state index is 12.4. The Balaban J connectivity index is 1.78. The van der Waals surface area contributed by atoms with E-state index in [1.54, 1.807) is 30.3 Å². The number of carboxylic acid groups (broad SMARTS) is 1. The fraction of sp³-hybridized carbons (Fsp3) is 0.182. The molecule has 3 rings (SSSR count). The topological polar surface area (TPSA) is 122 Å². The van der Waals surface area contributed by atoms with Crippen molar-refractivity contribution in [3.8, 4) is 11.5 Å². The van der Waals surface area contributed by atoms with Gasteiger partial charge in [-0.3, -0.25) is 24.1 Å². The molecule has 1 aliphatic heterocycles.